The van der Waals surface area contributed by atoms with Gasteiger partial charge in [0.15, 0.2) is 0 Å². The Kier molecular flexibility index (Phi) is 4.31. The maximum absolute atomic E-state index is 12.1. The van der Waals surface area contributed by atoms with E-state index in [2.05, 4.69) is 19.2 Å². The Morgan fingerprint density at radius 2 is 1.94 bits per heavy atom. The predicted molar refractivity (Wildman–Crippen MR) is 74.1 cm³/mol. The molecule has 0 spiro atoms. The predicted octanol–water partition coefficient (Wildman–Crippen LogP) is 2.59. The molecule has 0 saturated heterocycles. The smallest absolute Gasteiger partial charge is 0.240 e. The van der Waals surface area contributed by atoms with Crippen LogP contribution in [-0.2, 0) is 4.79 Å². The lowest BCUT2D eigenvalue weighted by Gasteiger charge is -2.39. The van der Waals surface area contributed by atoms with Crippen molar-refractivity contribution in [2.24, 2.45) is 17.6 Å². The van der Waals surface area contributed by atoms with Crippen LogP contribution in [0.15, 0.2) is 0 Å². The fourth-order valence-corrected chi connectivity index (χ4v) is 3.28. The highest BCUT2D eigenvalue weighted by molar-refractivity contribution is 5.87. The molecule has 104 valence electrons. The van der Waals surface area contributed by atoms with E-state index in [4.69, 9.17) is 5.73 Å². The number of amides is 1. The molecule has 2 rings (SSSR count). The van der Waals surface area contributed by atoms with E-state index in [1.54, 1.807) is 0 Å². The van der Waals surface area contributed by atoms with Crippen LogP contribution < -0.4 is 11.1 Å². The van der Waals surface area contributed by atoms with Gasteiger partial charge in [-0.15, -0.1) is 0 Å². The van der Waals surface area contributed by atoms with Crippen molar-refractivity contribution in [3.8, 4) is 0 Å². The monoisotopic (exact) mass is 252 g/mol. The van der Waals surface area contributed by atoms with Crippen LogP contribution in [-0.4, -0.2) is 17.5 Å². The number of hydrogen-bond acceptors (Lipinski definition) is 2. The second-order valence-electron chi connectivity index (χ2n) is 6.48. The van der Waals surface area contributed by atoms with Crippen molar-refractivity contribution in [1.82, 2.24) is 5.32 Å². The molecule has 0 radical (unpaired) electrons. The summed E-state index contributed by atoms with van der Waals surface area (Å²) in [4.78, 5) is 12.1. The van der Waals surface area contributed by atoms with Gasteiger partial charge in [-0.3, -0.25) is 4.79 Å². The molecule has 0 aromatic carbocycles. The van der Waals surface area contributed by atoms with Crippen LogP contribution in [0.25, 0.3) is 0 Å². The summed E-state index contributed by atoms with van der Waals surface area (Å²) in [7, 11) is 0. The zero-order valence-electron chi connectivity index (χ0n) is 11.9. The molecule has 0 bridgehead atoms. The third-order valence-corrected chi connectivity index (χ3v) is 5.25. The van der Waals surface area contributed by atoms with Gasteiger partial charge in [0.1, 0.15) is 0 Å². The molecule has 3 nitrogen and oxygen atoms in total. The van der Waals surface area contributed by atoms with Crippen molar-refractivity contribution in [1.29, 1.82) is 0 Å². The first-order valence-corrected chi connectivity index (χ1v) is 7.65. The fraction of sp³-hybridized carbons (Fsp3) is 0.933. The number of carbonyl (C=O) groups excluding carboxylic acids is 1. The molecule has 0 aromatic heterocycles. The summed E-state index contributed by atoms with van der Waals surface area (Å²) in [6, 6.07) is 0.374. The first-order valence-electron chi connectivity index (χ1n) is 7.65. The topological polar surface area (TPSA) is 55.1 Å². The Balaban J connectivity index is 1.75. The van der Waals surface area contributed by atoms with Gasteiger partial charge in [0.25, 0.3) is 0 Å². The zero-order valence-corrected chi connectivity index (χ0v) is 11.9. The van der Waals surface area contributed by atoms with E-state index in [0.29, 0.717) is 6.04 Å². The van der Waals surface area contributed by atoms with Gasteiger partial charge in [0.2, 0.25) is 5.91 Å². The van der Waals surface area contributed by atoms with Crippen molar-refractivity contribution < 1.29 is 4.79 Å². The number of hydrogen-bond donors (Lipinski definition) is 2. The summed E-state index contributed by atoms with van der Waals surface area (Å²) in [6.07, 6.45) is 8.89. The molecule has 0 heterocycles. The summed E-state index contributed by atoms with van der Waals surface area (Å²) in [5, 5.41) is 3.17. The summed E-state index contributed by atoms with van der Waals surface area (Å²) < 4.78 is 0. The van der Waals surface area contributed by atoms with Crippen LogP contribution in [0, 0.1) is 11.8 Å². The lowest BCUT2D eigenvalue weighted by atomic mass is 9.75. The maximum Gasteiger partial charge on any atom is 0.240 e. The Bertz CT molecular complexity index is 291. The van der Waals surface area contributed by atoms with E-state index in [0.717, 1.165) is 43.9 Å². The van der Waals surface area contributed by atoms with Crippen LogP contribution >= 0.6 is 0 Å². The third-order valence-electron chi connectivity index (χ3n) is 5.25. The first kappa shape index (κ1) is 13.9. The molecular weight excluding hydrogens is 224 g/mol. The van der Waals surface area contributed by atoms with Crippen molar-refractivity contribution in [2.75, 3.05) is 0 Å². The SMILES string of the molecule is CCC(C)C1CCC(NC(=O)C2(N)CCC2)CC1. The fourth-order valence-electron chi connectivity index (χ4n) is 3.28. The van der Waals surface area contributed by atoms with Crippen LogP contribution in [0.4, 0.5) is 0 Å². The largest absolute Gasteiger partial charge is 0.352 e. The zero-order chi connectivity index (χ0) is 13.2. The first-order chi connectivity index (χ1) is 8.55. The minimum atomic E-state index is -0.534. The van der Waals surface area contributed by atoms with E-state index >= 15 is 0 Å². The van der Waals surface area contributed by atoms with Gasteiger partial charge in [0.05, 0.1) is 5.54 Å². The highest BCUT2D eigenvalue weighted by Crippen LogP contribution is 2.33. The molecular formula is C15H28N2O. The Morgan fingerprint density at radius 1 is 1.33 bits per heavy atom. The van der Waals surface area contributed by atoms with Crippen molar-refractivity contribution in [3.05, 3.63) is 0 Å². The van der Waals surface area contributed by atoms with Gasteiger partial charge in [-0.1, -0.05) is 20.3 Å². The molecule has 2 aliphatic carbocycles. The molecule has 3 N–H and O–H groups in total. The van der Waals surface area contributed by atoms with Gasteiger partial charge < -0.3 is 11.1 Å². The molecule has 1 atom stereocenters. The normalized spacial score (nSPS) is 32.4. The number of nitrogens with one attached hydrogen (secondary N) is 1. The number of carbonyl (C=O) groups is 1. The molecule has 2 aliphatic rings. The molecule has 2 saturated carbocycles. The van der Waals surface area contributed by atoms with Crippen LogP contribution in [0.3, 0.4) is 0 Å². The molecule has 3 heteroatoms. The summed E-state index contributed by atoms with van der Waals surface area (Å²) in [5.41, 5.74) is 5.51. The summed E-state index contributed by atoms with van der Waals surface area (Å²) in [5.74, 6) is 1.79. The standard InChI is InChI=1S/C15H28N2O/c1-3-11(2)12-5-7-13(8-6-12)17-14(18)15(16)9-4-10-15/h11-13H,3-10,16H2,1-2H3,(H,17,18). The van der Waals surface area contributed by atoms with Crippen molar-refractivity contribution >= 4 is 5.91 Å². The quantitative estimate of drug-likeness (QED) is 0.808. The Labute approximate surface area is 111 Å². The highest BCUT2D eigenvalue weighted by atomic mass is 16.2. The second-order valence-corrected chi connectivity index (χ2v) is 6.48. The van der Waals surface area contributed by atoms with E-state index in [9.17, 15) is 4.79 Å². The highest BCUT2D eigenvalue weighted by Gasteiger charge is 2.41. The number of rotatable bonds is 4. The van der Waals surface area contributed by atoms with E-state index in [1.165, 1.54) is 19.3 Å². The van der Waals surface area contributed by atoms with Gasteiger partial charge in [-0.2, -0.15) is 0 Å². The van der Waals surface area contributed by atoms with Crippen molar-refractivity contribution in [2.45, 2.75) is 76.8 Å². The second kappa shape index (κ2) is 5.60. The molecule has 1 amide bonds. The molecule has 0 aromatic rings. The van der Waals surface area contributed by atoms with Crippen LogP contribution in [0.1, 0.15) is 65.2 Å². The van der Waals surface area contributed by atoms with Crippen LogP contribution in [0.5, 0.6) is 0 Å². The van der Waals surface area contributed by atoms with E-state index < -0.39 is 5.54 Å². The van der Waals surface area contributed by atoms with Crippen molar-refractivity contribution in [3.63, 3.8) is 0 Å². The minimum absolute atomic E-state index is 0.0979. The van der Waals surface area contributed by atoms with Gasteiger partial charge >= 0.3 is 0 Å². The lowest BCUT2D eigenvalue weighted by molar-refractivity contribution is -0.130. The van der Waals surface area contributed by atoms with E-state index in [-0.39, 0.29) is 5.91 Å². The lowest BCUT2D eigenvalue weighted by Crippen LogP contribution is -2.60. The number of nitrogens with two attached hydrogens (primary N) is 1. The molecule has 2 fully saturated rings. The Hall–Kier alpha value is -0.570. The molecule has 0 aliphatic heterocycles. The van der Waals surface area contributed by atoms with Crippen LogP contribution in [0.2, 0.25) is 0 Å². The van der Waals surface area contributed by atoms with E-state index in [1.807, 2.05) is 0 Å². The van der Waals surface area contributed by atoms with Gasteiger partial charge in [-0.05, 0) is 56.8 Å². The maximum atomic E-state index is 12.1. The minimum Gasteiger partial charge on any atom is -0.352 e. The molecule has 1 unspecified atom stereocenters. The molecule has 18 heavy (non-hydrogen) atoms. The third kappa shape index (κ3) is 2.87. The summed E-state index contributed by atoms with van der Waals surface area (Å²) >= 11 is 0. The Morgan fingerprint density at radius 3 is 2.39 bits per heavy atom. The average molecular weight is 252 g/mol. The van der Waals surface area contributed by atoms with Gasteiger partial charge in [-0.25, -0.2) is 0 Å². The average Bonchev–Trinajstić information content (AvgIpc) is 2.35. The van der Waals surface area contributed by atoms with Gasteiger partial charge in [0, 0.05) is 6.04 Å². The summed E-state index contributed by atoms with van der Waals surface area (Å²) in [6.45, 7) is 4.63.